The largest absolute Gasteiger partial charge is 0.383 e. The van der Waals surface area contributed by atoms with Gasteiger partial charge in [0.1, 0.15) is 5.82 Å². The van der Waals surface area contributed by atoms with E-state index in [2.05, 4.69) is 5.32 Å². The van der Waals surface area contributed by atoms with Crippen molar-refractivity contribution >= 4 is 16.8 Å². The highest BCUT2D eigenvalue weighted by Crippen LogP contribution is 2.21. The number of carbonyl (C=O) groups is 1. The summed E-state index contributed by atoms with van der Waals surface area (Å²) in [6.07, 6.45) is 0.685. The van der Waals surface area contributed by atoms with Gasteiger partial charge in [0.2, 0.25) is 5.91 Å². The Morgan fingerprint density at radius 3 is 2.52 bits per heavy atom. The molecule has 1 heterocycles. The van der Waals surface area contributed by atoms with Crippen molar-refractivity contribution in [3.05, 3.63) is 76.3 Å². The molecular formula is C23H27N3O3. The van der Waals surface area contributed by atoms with Crippen LogP contribution >= 0.6 is 0 Å². The van der Waals surface area contributed by atoms with Crippen LogP contribution in [0.3, 0.4) is 0 Å². The van der Waals surface area contributed by atoms with Crippen molar-refractivity contribution in [1.29, 1.82) is 0 Å². The van der Waals surface area contributed by atoms with Crippen molar-refractivity contribution in [2.75, 3.05) is 13.7 Å². The van der Waals surface area contributed by atoms with Gasteiger partial charge in [-0.3, -0.25) is 14.2 Å². The number of hydrogen-bond acceptors (Lipinski definition) is 4. The van der Waals surface area contributed by atoms with Crippen LogP contribution in [0, 0.1) is 0 Å². The maximum absolute atomic E-state index is 13.0. The first-order valence-corrected chi connectivity index (χ1v) is 9.90. The van der Waals surface area contributed by atoms with E-state index in [0.29, 0.717) is 36.3 Å². The molecule has 1 N–H and O–H groups in total. The highest BCUT2D eigenvalue weighted by Gasteiger charge is 2.23. The van der Waals surface area contributed by atoms with E-state index in [4.69, 9.17) is 9.72 Å². The summed E-state index contributed by atoms with van der Waals surface area (Å²) in [6.45, 7) is 4.61. The minimum Gasteiger partial charge on any atom is -0.383 e. The van der Waals surface area contributed by atoms with Crippen molar-refractivity contribution in [3.63, 3.8) is 0 Å². The van der Waals surface area contributed by atoms with Crippen molar-refractivity contribution in [3.8, 4) is 0 Å². The summed E-state index contributed by atoms with van der Waals surface area (Å²) >= 11 is 0. The van der Waals surface area contributed by atoms with E-state index in [1.165, 1.54) is 0 Å². The number of carbonyl (C=O) groups excluding carboxylic acids is 1. The molecule has 6 heteroatoms. The van der Waals surface area contributed by atoms with Crippen LogP contribution in [0.25, 0.3) is 10.9 Å². The molecule has 0 radical (unpaired) electrons. The van der Waals surface area contributed by atoms with Crippen molar-refractivity contribution in [1.82, 2.24) is 14.9 Å². The third-order valence-electron chi connectivity index (χ3n) is 5.08. The number of rotatable bonds is 8. The lowest BCUT2D eigenvalue weighted by Gasteiger charge is -2.22. The average Bonchev–Trinajstić information content (AvgIpc) is 2.74. The average molecular weight is 393 g/mol. The summed E-state index contributed by atoms with van der Waals surface area (Å²) < 4.78 is 6.76. The van der Waals surface area contributed by atoms with Crippen LogP contribution in [-0.4, -0.2) is 29.2 Å². The van der Waals surface area contributed by atoms with Gasteiger partial charge in [-0.1, -0.05) is 49.4 Å². The molecular weight excluding hydrogens is 366 g/mol. The van der Waals surface area contributed by atoms with E-state index in [-0.39, 0.29) is 17.4 Å². The molecule has 0 fully saturated rings. The number of ether oxygens (including phenoxy) is 1. The number of nitrogens with zero attached hydrogens (tertiary/aromatic N) is 2. The van der Waals surface area contributed by atoms with Crippen LogP contribution in [-0.2, 0) is 16.1 Å². The molecule has 152 valence electrons. The molecule has 1 amide bonds. The molecule has 0 aliphatic heterocycles. The Bertz CT molecular complexity index is 1030. The zero-order chi connectivity index (χ0) is 20.8. The Morgan fingerprint density at radius 2 is 1.83 bits per heavy atom. The summed E-state index contributed by atoms with van der Waals surface area (Å²) in [5, 5.41) is 3.61. The first-order chi connectivity index (χ1) is 14.1. The van der Waals surface area contributed by atoms with Gasteiger partial charge in [0.15, 0.2) is 0 Å². The normalized spacial score (nSPS) is 13.2. The van der Waals surface area contributed by atoms with E-state index in [1.54, 1.807) is 17.7 Å². The topological polar surface area (TPSA) is 73.2 Å². The number of benzene rings is 2. The van der Waals surface area contributed by atoms with Crippen LogP contribution in [0.2, 0.25) is 0 Å². The Balaban J connectivity index is 1.94. The van der Waals surface area contributed by atoms with Gasteiger partial charge in [-0.2, -0.15) is 0 Å². The van der Waals surface area contributed by atoms with Gasteiger partial charge < -0.3 is 10.1 Å². The maximum atomic E-state index is 13.0. The quantitative estimate of drug-likeness (QED) is 0.636. The Labute approximate surface area is 170 Å². The smallest absolute Gasteiger partial charge is 0.261 e. The first kappa shape index (κ1) is 20.7. The van der Waals surface area contributed by atoms with E-state index in [0.717, 1.165) is 5.56 Å². The number of amides is 1. The molecule has 3 rings (SSSR count). The Morgan fingerprint density at radius 1 is 1.14 bits per heavy atom. The van der Waals surface area contributed by atoms with Crippen molar-refractivity contribution in [2.45, 2.75) is 38.8 Å². The van der Waals surface area contributed by atoms with Crippen LogP contribution < -0.4 is 10.9 Å². The first-order valence-electron chi connectivity index (χ1n) is 9.90. The number of methoxy groups -OCH3 is 1. The number of para-hydroxylation sites is 1. The third-order valence-corrected chi connectivity index (χ3v) is 5.08. The third kappa shape index (κ3) is 4.54. The zero-order valence-corrected chi connectivity index (χ0v) is 17.1. The predicted molar refractivity (Wildman–Crippen MR) is 114 cm³/mol. The molecule has 29 heavy (non-hydrogen) atoms. The van der Waals surface area contributed by atoms with Gasteiger partial charge in [0.05, 0.1) is 36.0 Å². The van der Waals surface area contributed by atoms with E-state index >= 15 is 0 Å². The Kier molecular flexibility index (Phi) is 6.77. The van der Waals surface area contributed by atoms with Crippen LogP contribution in [0.15, 0.2) is 59.4 Å². The lowest BCUT2D eigenvalue weighted by Crippen LogP contribution is -2.36. The maximum Gasteiger partial charge on any atom is 0.261 e. The van der Waals surface area contributed by atoms with Gasteiger partial charge in [0.25, 0.3) is 5.56 Å². The molecule has 1 aromatic heterocycles. The summed E-state index contributed by atoms with van der Waals surface area (Å²) in [5.41, 5.74) is 1.47. The van der Waals surface area contributed by atoms with E-state index < -0.39 is 6.04 Å². The second kappa shape index (κ2) is 9.47. The predicted octanol–water partition coefficient (Wildman–Crippen LogP) is 3.41. The fourth-order valence-electron chi connectivity index (χ4n) is 3.55. The second-order valence-corrected chi connectivity index (χ2v) is 7.04. The number of nitrogens with one attached hydrogen (secondary N) is 1. The van der Waals surface area contributed by atoms with Gasteiger partial charge in [0, 0.05) is 7.11 Å². The minimum absolute atomic E-state index is 0.0769. The van der Waals surface area contributed by atoms with Crippen molar-refractivity contribution in [2.24, 2.45) is 0 Å². The van der Waals surface area contributed by atoms with Gasteiger partial charge in [-0.25, -0.2) is 4.98 Å². The monoisotopic (exact) mass is 393 g/mol. The molecule has 2 atom stereocenters. The molecule has 2 aromatic carbocycles. The molecule has 2 unspecified atom stereocenters. The molecule has 3 aromatic rings. The standard InChI is InChI=1S/C23H27N3O3/c1-4-18(17-10-6-5-7-11-17)22(27)24-16(2)21-25-20-13-9-8-12-19(20)23(28)26(21)14-15-29-3/h5-13,16,18H,4,14-15H2,1-3H3,(H,24,27). The highest BCUT2D eigenvalue weighted by molar-refractivity contribution is 5.84. The summed E-state index contributed by atoms with van der Waals surface area (Å²) in [6, 6.07) is 16.6. The molecule has 0 saturated carbocycles. The number of fused-ring (bicyclic) bond motifs is 1. The summed E-state index contributed by atoms with van der Waals surface area (Å²) in [7, 11) is 1.59. The fraction of sp³-hybridized carbons (Fsp3) is 0.348. The molecule has 0 spiro atoms. The molecule has 0 aliphatic carbocycles. The zero-order valence-electron chi connectivity index (χ0n) is 17.1. The lowest BCUT2D eigenvalue weighted by atomic mass is 9.95. The van der Waals surface area contributed by atoms with Crippen LogP contribution in [0.1, 0.15) is 43.6 Å². The number of hydrogen-bond donors (Lipinski definition) is 1. The SMILES string of the molecule is CCC(C(=O)NC(C)c1nc2ccccc2c(=O)n1CCOC)c1ccccc1. The summed E-state index contributed by atoms with van der Waals surface area (Å²) in [4.78, 5) is 30.7. The number of aromatic nitrogens is 2. The lowest BCUT2D eigenvalue weighted by molar-refractivity contribution is -0.123. The molecule has 0 bridgehead atoms. The van der Waals surface area contributed by atoms with E-state index in [1.807, 2.05) is 62.4 Å². The van der Waals surface area contributed by atoms with Crippen LogP contribution in [0.5, 0.6) is 0 Å². The van der Waals surface area contributed by atoms with Gasteiger partial charge >= 0.3 is 0 Å². The fourth-order valence-corrected chi connectivity index (χ4v) is 3.55. The molecule has 0 aliphatic rings. The highest BCUT2D eigenvalue weighted by atomic mass is 16.5. The van der Waals surface area contributed by atoms with Gasteiger partial charge in [-0.05, 0) is 31.0 Å². The van der Waals surface area contributed by atoms with E-state index in [9.17, 15) is 9.59 Å². The minimum atomic E-state index is -0.422. The van der Waals surface area contributed by atoms with Crippen molar-refractivity contribution < 1.29 is 9.53 Å². The molecule has 6 nitrogen and oxygen atoms in total. The Hall–Kier alpha value is -2.99. The second-order valence-electron chi connectivity index (χ2n) is 7.04. The summed E-state index contributed by atoms with van der Waals surface area (Å²) in [5.74, 6) is 0.201. The van der Waals surface area contributed by atoms with Crippen LogP contribution in [0.4, 0.5) is 0 Å². The van der Waals surface area contributed by atoms with Gasteiger partial charge in [-0.15, -0.1) is 0 Å². The molecule has 0 saturated heterocycles.